The number of carbonyl (C=O) groups excluding carboxylic acids is 2. The molecular weight excluding hydrogens is 506 g/mol. The van der Waals surface area contributed by atoms with Gasteiger partial charge in [0.15, 0.2) is 5.82 Å². The predicted octanol–water partition coefficient (Wildman–Crippen LogP) is 4.29. The van der Waals surface area contributed by atoms with Crippen LogP contribution in [0.25, 0.3) is 0 Å². The van der Waals surface area contributed by atoms with E-state index < -0.39 is 0 Å². The summed E-state index contributed by atoms with van der Waals surface area (Å²) in [5.74, 6) is 1.39. The van der Waals surface area contributed by atoms with E-state index in [9.17, 15) is 9.59 Å². The predicted molar refractivity (Wildman–Crippen MR) is 155 cm³/mol. The minimum absolute atomic E-state index is 0.0268. The second-order valence-electron chi connectivity index (χ2n) is 10.6. The number of nitrogens with one attached hydrogen (secondary N) is 1. The fraction of sp³-hybridized carbons (Fsp3) is 0.400. The first-order valence-corrected chi connectivity index (χ1v) is 13.9. The number of rotatable bonds is 5. The molecule has 10 heteroatoms. The molecule has 3 aromatic rings. The number of carbonyl (C=O) groups is 2. The summed E-state index contributed by atoms with van der Waals surface area (Å²) in [6.07, 6.45) is 6.27. The van der Waals surface area contributed by atoms with Crippen LogP contribution < -0.4 is 19.9 Å². The lowest BCUT2D eigenvalue weighted by Gasteiger charge is -2.36. The molecule has 2 aromatic carbocycles. The Balaban J connectivity index is 1.20. The van der Waals surface area contributed by atoms with Gasteiger partial charge in [-0.25, -0.2) is 4.98 Å². The minimum Gasteiger partial charge on any atom is -0.495 e. The number of piperidine rings is 1. The van der Waals surface area contributed by atoms with Gasteiger partial charge < -0.3 is 29.7 Å². The number of fused-ring (bicyclic) bond motifs is 2. The van der Waals surface area contributed by atoms with Crippen molar-refractivity contribution < 1.29 is 14.3 Å². The average molecular weight is 542 g/mol. The Hall–Kier alpha value is -4.18. The van der Waals surface area contributed by atoms with Crippen molar-refractivity contribution in [3.63, 3.8) is 0 Å². The number of likely N-dealkylation sites (tertiary alicyclic amines) is 2. The Kier molecular flexibility index (Phi) is 7.02. The maximum absolute atomic E-state index is 13.3. The SMILES string of the molecule is COc1cc(C(=O)N2CCC(N3CCCC3)CC2)ccc1Nc1ncc2c(n1)N(C)c1ccccc1C(=O)N2C. The molecule has 208 valence electrons. The van der Waals surface area contributed by atoms with Gasteiger partial charge in [0.1, 0.15) is 11.4 Å². The first kappa shape index (κ1) is 26.1. The van der Waals surface area contributed by atoms with Crippen LogP contribution in [0.15, 0.2) is 48.7 Å². The van der Waals surface area contributed by atoms with Crippen molar-refractivity contribution in [2.24, 2.45) is 0 Å². The van der Waals surface area contributed by atoms with E-state index in [4.69, 9.17) is 9.72 Å². The molecular formula is C30H35N7O3. The van der Waals surface area contributed by atoms with Gasteiger partial charge >= 0.3 is 0 Å². The third-order valence-corrected chi connectivity index (χ3v) is 8.33. The van der Waals surface area contributed by atoms with Crippen molar-refractivity contribution in [2.45, 2.75) is 31.7 Å². The van der Waals surface area contributed by atoms with Crippen LogP contribution in [0.1, 0.15) is 46.4 Å². The van der Waals surface area contributed by atoms with Crippen LogP contribution in [0.3, 0.4) is 0 Å². The molecule has 2 fully saturated rings. The Morgan fingerprint density at radius 3 is 2.48 bits per heavy atom. The summed E-state index contributed by atoms with van der Waals surface area (Å²) in [7, 11) is 5.19. The number of aromatic nitrogens is 2. The lowest BCUT2D eigenvalue weighted by molar-refractivity contribution is 0.0644. The molecule has 3 aliphatic heterocycles. The van der Waals surface area contributed by atoms with Crippen LogP contribution in [0.2, 0.25) is 0 Å². The third kappa shape index (κ3) is 4.72. The summed E-state index contributed by atoms with van der Waals surface area (Å²) in [6, 6.07) is 13.5. The summed E-state index contributed by atoms with van der Waals surface area (Å²) in [5.41, 5.74) is 3.22. The molecule has 1 aromatic heterocycles. The molecule has 6 rings (SSSR count). The number of benzene rings is 2. The summed E-state index contributed by atoms with van der Waals surface area (Å²) >= 11 is 0. The van der Waals surface area contributed by atoms with E-state index in [-0.39, 0.29) is 11.8 Å². The highest BCUT2D eigenvalue weighted by molar-refractivity contribution is 6.13. The van der Waals surface area contributed by atoms with Crippen molar-refractivity contribution in [3.8, 4) is 5.75 Å². The molecule has 4 heterocycles. The van der Waals surface area contributed by atoms with Gasteiger partial charge in [0.25, 0.3) is 11.8 Å². The topological polar surface area (TPSA) is 94.1 Å². The molecule has 40 heavy (non-hydrogen) atoms. The summed E-state index contributed by atoms with van der Waals surface area (Å²) in [6.45, 7) is 3.94. The van der Waals surface area contributed by atoms with Gasteiger partial charge in [0, 0.05) is 38.8 Å². The van der Waals surface area contributed by atoms with E-state index >= 15 is 0 Å². The largest absolute Gasteiger partial charge is 0.495 e. The lowest BCUT2D eigenvalue weighted by Crippen LogP contribution is -2.45. The molecule has 0 aliphatic carbocycles. The van der Waals surface area contributed by atoms with E-state index in [2.05, 4.69) is 15.2 Å². The fourth-order valence-electron chi connectivity index (χ4n) is 6.03. The first-order chi connectivity index (χ1) is 19.4. The van der Waals surface area contributed by atoms with Crippen LogP contribution in [-0.4, -0.2) is 85.0 Å². The third-order valence-electron chi connectivity index (χ3n) is 8.33. The molecule has 3 aliphatic rings. The summed E-state index contributed by atoms with van der Waals surface area (Å²) in [5, 5.41) is 3.24. The molecule has 10 nitrogen and oxygen atoms in total. The van der Waals surface area contributed by atoms with E-state index in [1.807, 2.05) is 53.2 Å². The fourth-order valence-corrected chi connectivity index (χ4v) is 6.03. The van der Waals surface area contributed by atoms with E-state index in [1.165, 1.54) is 25.9 Å². The maximum atomic E-state index is 13.3. The minimum atomic E-state index is -0.118. The Morgan fingerprint density at radius 1 is 0.975 bits per heavy atom. The molecule has 0 atom stereocenters. The molecule has 2 amide bonds. The molecule has 0 spiro atoms. The summed E-state index contributed by atoms with van der Waals surface area (Å²) < 4.78 is 5.65. The Bertz CT molecular complexity index is 1430. The lowest BCUT2D eigenvalue weighted by atomic mass is 10.0. The Morgan fingerprint density at radius 2 is 1.73 bits per heavy atom. The maximum Gasteiger partial charge on any atom is 0.260 e. The van der Waals surface area contributed by atoms with Gasteiger partial charge in [-0.1, -0.05) is 12.1 Å². The van der Waals surface area contributed by atoms with Gasteiger partial charge in [-0.15, -0.1) is 0 Å². The quantitative estimate of drug-likeness (QED) is 0.512. The van der Waals surface area contributed by atoms with Crippen molar-refractivity contribution >= 4 is 40.6 Å². The highest BCUT2D eigenvalue weighted by Gasteiger charge is 2.30. The molecule has 0 saturated carbocycles. The van der Waals surface area contributed by atoms with Gasteiger partial charge in [0.2, 0.25) is 5.95 Å². The van der Waals surface area contributed by atoms with E-state index in [1.54, 1.807) is 31.3 Å². The number of para-hydroxylation sites is 1. The van der Waals surface area contributed by atoms with Crippen molar-refractivity contribution in [2.75, 3.05) is 62.5 Å². The zero-order valence-corrected chi connectivity index (χ0v) is 23.3. The smallest absolute Gasteiger partial charge is 0.260 e. The number of amides is 2. The number of hydrogen-bond acceptors (Lipinski definition) is 8. The van der Waals surface area contributed by atoms with Crippen molar-refractivity contribution in [3.05, 3.63) is 59.8 Å². The van der Waals surface area contributed by atoms with Gasteiger partial charge in [-0.2, -0.15) is 4.98 Å². The van der Waals surface area contributed by atoms with Crippen molar-refractivity contribution in [1.29, 1.82) is 0 Å². The molecule has 0 unspecified atom stereocenters. The normalized spacial score (nSPS) is 17.9. The van der Waals surface area contributed by atoms with E-state index in [0.29, 0.717) is 46.1 Å². The zero-order chi connectivity index (χ0) is 27.8. The van der Waals surface area contributed by atoms with E-state index in [0.717, 1.165) is 31.6 Å². The second kappa shape index (κ2) is 10.8. The van der Waals surface area contributed by atoms with Gasteiger partial charge in [-0.3, -0.25) is 9.59 Å². The average Bonchev–Trinajstić information content (AvgIpc) is 3.53. The highest BCUT2D eigenvalue weighted by Crippen LogP contribution is 2.38. The van der Waals surface area contributed by atoms with Crippen LogP contribution in [0.5, 0.6) is 5.75 Å². The highest BCUT2D eigenvalue weighted by atomic mass is 16.5. The number of anilines is 5. The Labute approximate surface area is 234 Å². The second-order valence-corrected chi connectivity index (χ2v) is 10.6. The molecule has 0 bridgehead atoms. The van der Waals surface area contributed by atoms with Crippen LogP contribution in [-0.2, 0) is 0 Å². The summed E-state index contributed by atoms with van der Waals surface area (Å²) in [4.78, 5) is 43.6. The molecule has 2 saturated heterocycles. The number of ether oxygens (including phenoxy) is 1. The van der Waals surface area contributed by atoms with Crippen LogP contribution >= 0.6 is 0 Å². The number of hydrogen-bond donors (Lipinski definition) is 1. The molecule has 0 radical (unpaired) electrons. The number of nitrogens with zero attached hydrogens (tertiary/aromatic N) is 6. The zero-order valence-electron chi connectivity index (χ0n) is 23.3. The monoisotopic (exact) mass is 541 g/mol. The molecule has 1 N–H and O–H groups in total. The first-order valence-electron chi connectivity index (χ1n) is 13.9. The standard InChI is InChI=1S/C30H35N7O3/c1-34-24-9-5-4-8-22(24)29(39)35(2)25-19-31-30(33-27(25)34)32-23-11-10-20(18-26(23)40-3)28(38)37-16-12-21(13-17-37)36-14-6-7-15-36/h4-5,8-11,18-19,21H,6-7,12-17H2,1-3H3,(H,31,32,33). The van der Waals surface area contributed by atoms with Gasteiger partial charge in [-0.05, 0) is 69.1 Å². The van der Waals surface area contributed by atoms with Crippen LogP contribution in [0, 0.1) is 0 Å². The van der Waals surface area contributed by atoms with Gasteiger partial charge in [0.05, 0.1) is 30.2 Å². The van der Waals surface area contributed by atoms with Crippen LogP contribution in [0.4, 0.5) is 28.8 Å². The van der Waals surface area contributed by atoms with Crippen molar-refractivity contribution in [1.82, 2.24) is 19.8 Å². The number of methoxy groups -OCH3 is 1.